The quantitative estimate of drug-likeness (QED) is 0.191. The van der Waals surface area contributed by atoms with Crippen LogP contribution < -0.4 is 0 Å². The number of hydrogen-bond donors (Lipinski definition) is 4. The number of cyclic esters (lactones) is 1. The maximum absolute atomic E-state index is 12.6. The summed E-state index contributed by atoms with van der Waals surface area (Å²) in [5, 5.41) is 42.3. The van der Waals surface area contributed by atoms with Gasteiger partial charge in [0, 0.05) is 19.3 Å². The second kappa shape index (κ2) is 14.2. The third-order valence-electron chi connectivity index (χ3n) is 8.09. The summed E-state index contributed by atoms with van der Waals surface area (Å²) in [6.07, 6.45) is 4.29. The molecule has 39 heavy (non-hydrogen) atoms. The van der Waals surface area contributed by atoms with Crippen LogP contribution in [-0.2, 0) is 23.8 Å². The Bertz CT molecular complexity index is 878. The highest BCUT2D eigenvalue weighted by molar-refractivity contribution is 5.70. The molecule has 4 N–H and O–H groups in total. The van der Waals surface area contributed by atoms with E-state index in [4.69, 9.17) is 14.2 Å². The normalized spacial score (nSPS) is 36.2. The van der Waals surface area contributed by atoms with E-state index in [-0.39, 0.29) is 43.3 Å². The fourth-order valence-corrected chi connectivity index (χ4v) is 5.38. The van der Waals surface area contributed by atoms with Crippen molar-refractivity contribution in [1.82, 2.24) is 0 Å². The highest BCUT2D eigenvalue weighted by Crippen LogP contribution is 2.37. The third kappa shape index (κ3) is 10.6. The first-order valence-electron chi connectivity index (χ1n) is 14.2. The summed E-state index contributed by atoms with van der Waals surface area (Å²) in [6, 6.07) is 0. The molecular formula is C30H50O9. The van der Waals surface area contributed by atoms with Crippen molar-refractivity contribution in [1.29, 1.82) is 0 Å². The third-order valence-corrected chi connectivity index (χ3v) is 8.09. The van der Waals surface area contributed by atoms with E-state index in [0.717, 1.165) is 5.57 Å². The molecule has 0 radical (unpaired) electrons. The van der Waals surface area contributed by atoms with Gasteiger partial charge in [-0.1, -0.05) is 39.0 Å². The molecule has 0 aromatic rings. The average molecular weight is 555 g/mol. The molecule has 9 heteroatoms. The van der Waals surface area contributed by atoms with Gasteiger partial charge >= 0.3 is 11.9 Å². The van der Waals surface area contributed by atoms with Crippen molar-refractivity contribution in [3.63, 3.8) is 0 Å². The molecule has 2 aliphatic rings. The van der Waals surface area contributed by atoms with E-state index in [1.165, 1.54) is 6.92 Å². The van der Waals surface area contributed by atoms with Gasteiger partial charge in [0.15, 0.2) is 0 Å². The van der Waals surface area contributed by atoms with Crippen molar-refractivity contribution < 1.29 is 44.2 Å². The summed E-state index contributed by atoms with van der Waals surface area (Å²) in [7, 11) is 0. The van der Waals surface area contributed by atoms with Gasteiger partial charge in [0.05, 0.1) is 42.0 Å². The van der Waals surface area contributed by atoms with Crippen molar-refractivity contribution in [3.05, 3.63) is 23.8 Å². The van der Waals surface area contributed by atoms with E-state index in [2.05, 4.69) is 0 Å². The van der Waals surface area contributed by atoms with Crippen molar-refractivity contribution in [3.8, 4) is 0 Å². The average Bonchev–Trinajstić information content (AvgIpc) is 3.59. The van der Waals surface area contributed by atoms with E-state index < -0.39 is 47.6 Å². The van der Waals surface area contributed by atoms with Gasteiger partial charge < -0.3 is 34.6 Å². The molecule has 10 atom stereocenters. The van der Waals surface area contributed by atoms with Gasteiger partial charge in [0.1, 0.15) is 12.2 Å². The van der Waals surface area contributed by atoms with Crippen LogP contribution in [0.1, 0.15) is 93.4 Å². The first-order valence-corrected chi connectivity index (χ1v) is 14.2. The summed E-state index contributed by atoms with van der Waals surface area (Å²) in [5.41, 5.74) is -1.72. The van der Waals surface area contributed by atoms with Gasteiger partial charge in [-0.25, -0.2) is 0 Å². The molecule has 0 saturated carbocycles. The van der Waals surface area contributed by atoms with E-state index in [9.17, 15) is 30.0 Å². The number of ether oxygens (including phenoxy) is 3. The Morgan fingerprint density at radius 2 is 1.95 bits per heavy atom. The molecule has 0 spiro atoms. The number of epoxide rings is 1. The number of allylic oxidation sites excluding steroid dienone is 2. The fourth-order valence-electron chi connectivity index (χ4n) is 5.38. The molecule has 0 aromatic carbocycles. The largest absolute Gasteiger partial charge is 0.460 e. The monoisotopic (exact) mass is 554 g/mol. The molecule has 2 heterocycles. The summed E-state index contributed by atoms with van der Waals surface area (Å²) in [6.45, 7) is 12.2. The minimum absolute atomic E-state index is 0.00172. The lowest BCUT2D eigenvalue weighted by atomic mass is 9.84. The summed E-state index contributed by atoms with van der Waals surface area (Å²) >= 11 is 0. The molecule has 2 aliphatic heterocycles. The highest BCUT2D eigenvalue weighted by Gasteiger charge is 2.47. The lowest BCUT2D eigenvalue weighted by Crippen LogP contribution is -2.44. The van der Waals surface area contributed by atoms with Crippen LogP contribution >= 0.6 is 0 Å². The van der Waals surface area contributed by atoms with E-state index in [1.54, 1.807) is 32.1 Å². The zero-order valence-corrected chi connectivity index (χ0v) is 24.6. The van der Waals surface area contributed by atoms with Crippen LogP contribution in [0.2, 0.25) is 0 Å². The minimum Gasteiger partial charge on any atom is -0.460 e. The lowest BCUT2D eigenvalue weighted by molar-refractivity contribution is -0.165. The Balaban J connectivity index is 2.12. The van der Waals surface area contributed by atoms with E-state index in [1.807, 2.05) is 27.7 Å². The summed E-state index contributed by atoms with van der Waals surface area (Å²) in [4.78, 5) is 24.3. The zero-order chi connectivity index (χ0) is 29.5. The molecule has 0 amide bonds. The number of esters is 2. The maximum Gasteiger partial charge on any atom is 0.309 e. The fraction of sp³-hybridized carbons (Fsp3) is 0.800. The van der Waals surface area contributed by atoms with Crippen molar-refractivity contribution in [2.75, 3.05) is 0 Å². The van der Waals surface area contributed by atoms with Crippen molar-refractivity contribution in [2.45, 2.75) is 141 Å². The number of carbonyl (C=O) groups is 2. The predicted octanol–water partition coefficient (Wildman–Crippen LogP) is 3.36. The van der Waals surface area contributed by atoms with E-state index >= 15 is 0 Å². The zero-order valence-electron chi connectivity index (χ0n) is 24.6. The van der Waals surface area contributed by atoms with Crippen LogP contribution in [0.15, 0.2) is 23.8 Å². The molecule has 2 rings (SSSR count). The molecular weight excluding hydrogens is 504 g/mol. The Labute approximate surface area is 233 Å². The van der Waals surface area contributed by atoms with Gasteiger partial charge in [0.2, 0.25) is 0 Å². The maximum atomic E-state index is 12.6. The Kier molecular flexibility index (Phi) is 12.2. The van der Waals surface area contributed by atoms with E-state index in [0.29, 0.717) is 25.7 Å². The topological polar surface area (TPSA) is 146 Å². The van der Waals surface area contributed by atoms with Crippen LogP contribution in [0.25, 0.3) is 0 Å². The lowest BCUT2D eigenvalue weighted by Gasteiger charge is -2.35. The Hall–Kier alpha value is -1.78. The van der Waals surface area contributed by atoms with Gasteiger partial charge in [-0.3, -0.25) is 9.59 Å². The number of carbonyl (C=O) groups excluding carboxylic acids is 2. The first-order chi connectivity index (χ1) is 18.1. The molecule has 0 unspecified atom stereocenters. The molecule has 9 nitrogen and oxygen atoms in total. The van der Waals surface area contributed by atoms with Crippen molar-refractivity contribution in [2.24, 2.45) is 11.8 Å². The van der Waals surface area contributed by atoms with Gasteiger partial charge in [-0.2, -0.15) is 0 Å². The van der Waals surface area contributed by atoms with Crippen LogP contribution in [0, 0.1) is 11.8 Å². The van der Waals surface area contributed by atoms with Gasteiger partial charge in [-0.15, -0.1) is 0 Å². The van der Waals surface area contributed by atoms with Crippen molar-refractivity contribution >= 4 is 11.9 Å². The summed E-state index contributed by atoms with van der Waals surface area (Å²) in [5.74, 6) is -1.19. The second-order valence-corrected chi connectivity index (χ2v) is 12.1. The Morgan fingerprint density at radius 1 is 1.28 bits per heavy atom. The van der Waals surface area contributed by atoms with Gasteiger partial charge in [0.25, 0.3) is 0 Å². The second-order valence-electron chi connectivity index (χ2n) is 12.1. The standard InChI is InChI=1S/C30H50O9/c1-8-23(33)20(4)28-24(38-28)17-29(6,35)14-9-10-18(2)27-19(3)11-12-25(37-21(5)31)30(7,36)15-13-22(32)16-26(34)39-27/h9-10,14,19-20,22-25,27-28,32-33,35-36H,8,11-13,15-17H2,1-7H3/b14-9+,18-10+/t19-,20+,22+,23-,24+,25-,27+,28+,29-,30+/m0/s1. The Morgan fingerprint density at radius 3 is 2.56 bits per heavy atom. The summed E-state index contributed by atoms with van der Waals surface area (Å²) < 4.78 is 16.9. The number of rotatable bonds is 9. The van der Waals surface area contributed by atoms with Crippen LogP contribution in [0.3, 0.4) is 0 Å². The first kappa shape index (κ1) is 33.4. The highest BCUT2D eigenvalue weighted by atomic mass is 16.6. The molecule has 0 aliphatic carbocycles. The minimum atomic E-state index is -1.35. The SMILES string of the molecule is CC[C@H](O)[C@@H](C)[C@H]1O[C@@H]1C[C@@](C)(O)/C=C/C=C(\C)[C@H]1OC(=O)C[C@H](O)CC[C@@](C)(O)[C@@H](OC(C)=O)CC[C@@H]1C. The van der Waals surface area contributed by atoms with Gasteiger partial charge in [-0.05, 0) is 64.4 Å². The molecule has 224 valence electrons. The molecule has 0 aromatic heterocycles. The van der Waals surface area contributed by atoms with Crippen LogP contribution in [0.5, 0.6) is 0 Å². The van der Waals surface area contributed by atoms with Crippen LogP contribution in [0.4, 0.5) is 0 Å². The number of aliphatic hydroxyl groups excluding tert-OH is 2. The molecule has 2 fully saturated rings. The van der Waals surface area contributed by atoms with Crippen LogP contribution in [-0.4, -0.2) is 80.2 Å². The number of hydrogen-bond acceptors (Lipinski definition) is 9. The number of aliphatic hydroxyl groups is 4. The predicted molar refractivity (Wildman–Crippen MR) is 147 cm³/mol. The molecule has 2 saturated heterocycles. The smallest absolute Gasteiger partial charge is 0.309 e. The molecule has 0 bridgehead atoms.